The van der Waals surface area contributed by atoms with Gasteiger partial charge in [0, 0.05) is 11.3 Å². The van der Waals surface area contributed by atoms with Gasteiger partial charge in [0.25, 0.3) is 5.91 Å². The molecule has 5 nitrogen and oxygen atoms in total. The van der Waals surface area contributed by atoms with Gasteiger partial charge in [-0.3, -0.25) is 4.79 Å². The zero-order valence-electron chi connectivity index (χ0n) is 13.0. The van der Waals surface area contributed by atoms with Crippen LogP contribution in [-0.4, -0.2) is 25.8 Å². The summed E-state index contributed by atoms with van der Waals surface area (Å²) in [7, 11) is 1.27. The second-order valence-corrected chi connectivity index (χ2v) is 4.88. The highest BCUT2D eigenvalue weighted by Gasteiger charge is 2.08. The number of rotatable bonds is 6. The van der Waals surface area contributed by atoms with E-state index in [9.17, 15) is 9.59 Å². The Morgan fingerprint density at radius 3 is 2.43 bits per heavy atom. The van der Waals surface area contributed by atoms with E-state index in [1.165, 1.54) is 7.11 Å². The molecule has 0 heterocycles. The van der Waals surface area contributed by atoms with Crippen molar-refractivity contribution in [2.45, 2.75) is 12.8 Å². The fourth-order valence-electron chi connectivity index (χ4n) is 2.12. The molecule has 1 amide bonds. The Balaban J connectivity index is 1.95. The van der Waals surface area contributed by atoms with Crippen molar-refractivity contribution in [1.29, 1.82) is 0 Å². The maximum atomic E-state index is 12.2. The first kappa shape index (κ1) is 16.5. The number of hydrogen-bond donors (Lipinski definition) is 1. The van der Waals surface area contributed by atoms with E-state index in [4.69, 9.17) is 4.74 Å². The fraction of sp³-hybridized carbons (Fsp3) is 0.222. The number of para-hydroxylation sites is 1. The van der Waals surface area contributed by atoms with Crippen LogP contribution in [0.5, 0.6) is 0 Å². The molecule has 0 aliphatic carbocycles. The number of carbonyl (C=O) groups is 2. The third kappa shape index (κ3) is 5.14. The summed E-state index contributed by atoms with van der Waals surface area (Å²) in [5.74, 6) is -0.149. The third-order valence-electron chi connectivity index (χ3n) is 3.28. The van der Waals surface area contributed by atoms with E-state index in [-0.39, 0.29) is 12.5 Å². The van der Waals surface area contributed by atoms with Crippen LogP contribution in [0.2, 0.25) is 0 Å². The second kappa shape index (κ2) is 8.58. The van der Waals surface area contributed by atoms with Crippen molar-refractivity contribution in [1.82, 2.24) is 0 Å². The molecule has 0 radical (unpaired) electrons. The Bertz CT molecular complexity index is 655. The number of aryl methyl sites for hydroxylation is 1. The van der Waals surface area contributed by atoms with Crippen molar-refractivity contribution in [3.8, 4) is 0 Å². The lowest BCUT2D eigenvalue weighted by molar-refractivity contribution is 0.0719. The predicted octanol–water partition coefficient (Wildman–Crippen LogP) is 3.65. The van der Waals surface area contributed by atoms with Gasteiger partial charge in [-0.1, -0.05) is 36.4 Å². The first-order valence-electron chi connectivity index (χ1n) is 7.36. The number of anilines is 1. The zero-order valence-corrected chi connectivity index (χ0v) is 13.0. The highest BCUT2D eigenvalue weighted by molar-refractivity contribution is 6.04. The van der Waals surface area contributed by atoms with Gasteiger partial charge in [-0.2, -0.15) is 0 Å². The first-order chi connectivity index (χ1) is 11.2. The Morgan fingerprint density at radius 1 is 1.00 bits per heavy atom. The number of carbonyl (C=O) groups excluding carboxylic acids is 2. The molecule has 0 aromatic heterocycles. The van der Waals surface area contributed by atoms with Gasteiger partial charge < -0.3 is 14.8 Å². The number of benzene rings is 2. The minimum Gasteiger partial charge on any atom is -0.438 e. The van der Waals surface area contributed by atoms with E-state index in [0.717, 1.165) is 11.3 Å². The molecule has 5 heteroatoms. The summed E-state index contributed by atoms with van der Waals surface area (Å²) in [4.78, 5) is 23.1. The molecule has 0 saturated carbocycles. The van der Waals surface area contributed by atoms with Gasteiger partial charge in [0.05, 0.1) is 13.7 Å². The van der Waals surface area contributed by atoms with Crippen LogP contribution in [-0.2, 0) is 15.9 Å². The highest BCUT2D eigenvalue weighted by Crippen LogP contribution is 2.18. The van der Waals surface area contributed by atoms with Crippen LogP contribution < -0.4 is 5.32 Å². The van der Waals surface area contributed by atoms with E-state index < -0.39 is 6.16 Å². The molecule has 0 aliphatic heterocycles. The van der Waals surface area contributed by atoms with Crippen molar-refractivity contribution in [2.75, 3.05) is 19.0 Å². The third-order valence-corrected chi connectivity index (χ3v) is 3.28. The van der Waals surface area contributed by atoms with Crippen LogP contribution in [0, 0.1) is 0 Å². The molecule has 2 aromatic rings. The molecule has 0 bridgehead atoms. The molecule has 0 spiro atoms. The minimum atomic E-state index is -0.685. The molecule has 0 fully saturated rings. The van der Waals surface area contributed by atoms with Crippen molar-refractivity contribution in [3.05, 3.63) is 65.7 Å². The Kier molecular flexibility index (Phi) is 6.17. The monoisotopic (exact) mass is 313 g/mol. The Morgan fingerprint density at radius 2 is 1.70 bits per heavy atom. The number of hydrogen-bond acceptors (Lipinski definition) is 4. The SMILES string of the molecule is COC(=O)OCCCc1ccccc1NC(=O)c1ccccc1. The molecule has 0 unspecified atom stereocenters. The van der Waals surface area contributed by atoms with Crippen LogP contribution in [0.1, 0.15) is 22.3 Å². The van der Waals surface area contributed by atoms with E-state index in [1.54, 1.807) is 12.1 Å². The van der Waals surface area contributed by atoms with Crippen LogP contribution in [0.15, 0.2) is 54.6 Å². The van der Waals surface area contributed by atoms with Gasteiger partial charge in [-0.15, -0.1) is 0 Å². The van der Waals surface area contributed by atoms with Crippen LogP contribution in [0.4, 0.5) is 10.5 Å². The number of nitrogens with one attached hydrogen (secondary N) is 1. The molecule has 120 valence electrons. The molecule has 0 aliphatic rings. The van der Waals surface area contributed by atoms with Gasteiger partial charge in [-0.05, 0) is 36.6 Å². The lowest BCUT2D eigenvalue weighted by Crippen LogP contribution is -2.13. The number of methoxy groups -OCH3 is 1. The van der Waals surface area contributed by atoms with Crippen molar-refractivity contribution >= 4 is 17.7 Å². The van der Waals surface area contributed by atoms with E-state index in [2.05, 4.69) is 10.1 Å². The normalized spacial score (nSPS) is 9.96. The molecule has 0 atom stereocenters. The number of ether oxygens (including phenoxy) is 2. The molecular weight excluding hydrogens is 294 g/mol. The second-order valence-electron chi connectivity index (χ2n) is 4.88. The molecule has 0 saturated heterocycles. The van der Waals surface area contributed by atoms with Gasteiger partial charge in [0.15, 0.2) is 0 Å². The summed E-state index contributed by atoms with van der Waals surface area (Å²) in [6.07, 6.45) is 0.644. The maximum Gasteiger partial charge on any atom is 0.507 e. The number of amides is 1. The smallest absolute Gasteiger partial charge is 0.438 e. The quantitative estimate of drug-likeness (QED) is 0.653. The van der Waals surface area contributed by atoms with Crippen molar-refractivity contribution in [3.63, 3.8) is 0 Å². The summed E-state index contributed by atoms with van der Waals surface area (Å²) in [5, 5.41) is 2.92. The van der Waals surface area contributed by atoms with Crippen molar-refractivity contribution < 1.29 is 19.1 Å². The van der Waals surface area contributed by atoms with Crippen LogP contribution in [0.3, 0.4) is 0 Å². The molecule has 1 N–H and O–H groups in total. The van der Waals surface area contributed by atoms with Crippen molar-refractivity contribution in [2.24, 2.45) is 0 Å². The van der Waals surface area contributed by atoms with Gasteiger partial charge >= 0.3 is 6.16 Å². The van der Waals surface area contributed by atoms with Crippen LogP contribution >= 0.6 is 0 Å². The summed E-state index contributed by atoms with van der Waals surface area (Å²) in [5.41, 5.74) is 2.36. The Labute approximate surface area is 135 Å². The lowest BCUT2D eigenvalue weighted by atomic mass is 10.1. The highest BCUT2D eigenvalue weighted by atomic mass is 16.7. The first-order valence-corrected chi connectivity index (χ1v) is 7.36. The summed E-state index contributed by atoms with van der Waals surface area (Å²) in [6.45, 7) is 0.271. The summed E-state index contributed by atoms with van der Waals surface area (Å²) < 4.78 is 9.26. The minimum absolute atomic E-state index is 0.149. The van der Waals surface area contributed by atoms with E-state index >= 15 is 0 Å². The summed E-state index contributed by atoms with van der Waals surface area (Å²) >= 11 is 0. The Hall–Kier alpha value is -2.82. The standard InChI is InChI=1S/C18H19NO4/c1-22-18(21)23-13-7-11-14-8-5-6-12-16(14)19-17(20)15-9-3-2-4-10-15/h2-6,8-10,12H,7,11,13H2,1H3,(H,19,20). The van der Waals surface area contributed by atoms with Crippen LogP contribution in [0.25, 0.3) is 0 Å². The lowest BCUT2D eigenvalue weighted by Gasteiger charge is -2.11. The summed E-state index contributed by atoms with van der Waals surface area (Å²) in [6, 6.07) is 16.6. The van der Waals surface area contributed by atoms with Gasteiger partial charge in [0.1, 0.15) is 0 Å². The predicted molar refractivity (Wildman–Crippen MR) is 87.5 cm³/mol. The zero-order chi connectivity index (χ0) is 16.5. The molecule has 2 rings (SSSR count). The fourth-order valence-corrected chi connectivity index (χ4v) is 2.12. The molecular formula is C18H19NO4. The largest absolute Gasteiger partial charge is 0.507 e. The molecule has 23 heavy (non-hydrogen) atoms. The average Bonchev–Trinajstić information content (AvgIpc) is 2.60. The molecule has 2 aromatic carbocycles. The average molecular weight is 313 g/mol. The maximum absolute atomic E-state index is 12.2. The van der Waals surface area contributed by atoms with Gasteiger partial charge in [-0.25, -0.2) is 4.79 Å². The van der Waals surface area contributed by atoms with Gasteiger partial charge in [0.2, 0.25) is 0 Å². The van der Waals surface area contributed by atoms with E-state index in [0.29, 0.717) is 18.4 Å². The van der Waals surface area contributed by atoms with E-state index in [1.807, 2.05) is 42.5 Å². The topological polar surface area (TPSA) is 64.6 Å².